The Kier molecular flexibility index (Phi) is 5.77. The van der Waals surface area contributed by atoms with Crippen LogP contribution < -0.4 is 10.2 Å². The molecule has 0 fully saturated rings. The Bertz CT molecular complexity index is 982. The molecule has 0 amide bonds. The standard InChI is InChI=1S/C22H23F3N4/c1-14(2)16-8-10-18(11-9-16)29(4)20-19(22(23,24)25)13-26-21(28-20)27-17-7-5-6-15(3)12-17/h5-14H,1-4H3,(H,26,27,28). The van der Waals surface area contributed by atoms with E-state index in [-0.39, 0.29) is 11.8 Å². The lowest BCUT2D eigenvalue weighted by Crippen LogP contribution is -2.19. The van der Waals surface area contributed by atoms with Gasteiger partial charge in [-0.3, -0.25) is 0 Å². The predicted molar refractivity (Wildman–Crippen MR) is 110 cm³/mol. The average molecular weight is 400 g/mol. The molecule has 0 saturated heterocycles. The summed E-state index contributed by atoms with van der Waals surface area (Å²) in [5.41, 5.74) is 2.56. The first kappa shape index (κ1) is 20.6. The summed E-state index contributed by atoms with van der Waals surface area (Å²) in [6, 6.07) is 14.9. The number of aryl methyl sites for hydroxylation is 1. The van der Waals surface area contributed by atoms with E-state index in [9.17, 15) is 13.2 Å². The Morgan fingerprint density at radius 1 is 1.03 bits per heavy atom. The molecule has 1 heterocycles. The van der Waals surface area contributed by atoms with E-state index < -0.39 is 11.7 Å². The average Bonchev–Trinajstić information content (AvgIpc) is 2.66. The predicted octanol–water partition coefficient (Wildman–Crippen LogP) is 6.44. The molecular weight excluding hydrogens is 377 g/mol. The van der Waals surface area contributed by atoms with Gasteiger partial charge in [0.15, 0.2) is 5.82 Å². The highest BCUT2D eigenvalue weighted by Gasteiger charge is 2.36. The number of nitrogens with one attached hydrogen (secondary N) is 1. The molecule has 2 aromatic carbocycles. The molecular formula is C22H23F3N4. The zero-order valence-electron chi connectivity index (χ0n) is 16.7. The highest BCUT2D eigenvalue weighted by molar-refractivity contribution is 5.65. The minimum absolute atomic E-state index is 0.101. The molecule has 0 atom stereocenters. The van der Waals surface area contributed by atoms with Gasteiger partial charge in [-0.1, -0.05) is 38.1 Å². The van der Waals surface area contributed by atoms with Crippen LogP contribution in [-0.4, -0.2) is 17.0 Å². The molecule has 0 radical (unpaired) electrons. The second-order valence-electron chi connectivity index (χ2n) is 7.23. The fraction of sp³-hybridized carbons (Fsp3) is 0.273. The van der Waals surface area contributed by atoms with Crippen molar-refractivity contribution in [3.63, 3.8) is 0 Å². The van der Waals surface area contributed by atoms with Gasteiger partial charge in [-0.2, -0.15) is 18.2 Å². The van der Waals surface area contributed by atoms with E-state index in [0.717, 1.165) is 17.3 Å². The Balaban J connectivity index is 1.99. The van der Waals surface area contributed by atoms with Crippen LogP contribution in [-0.2, 0) is 6.18 Å². The Morgan fingerprint density at radius 2 is 1.72 bits per heavy atom. The number of nitrogens with zero attached hydrogens (tertiary/aromatic N) is 3. The van der Waals surface area contributed by atoms with Gasteiger partial charge in [0, 0.05) is 24.6 Å². The Morgan fingerprint density at radius 3 is 2.31 bits per heavy atom. The van der Waals surface area contributed by atoms with Crippen molar-refractivity contribution >= 4 is 23.1 Å². The summed E-state index contributed by atoms with van der Waals surface area (Å²) < 4.78 is 40.7. The first-order chi connectivity index (χ1) is 13.6. The zero-order chi connectivity index (χ0) is 21.2. The molecule has 0 bridgehead atoms. The second kappa shape index (κ2) is 8.11. The number of aromatic nitrogens is 2. The lowest BCUT2D eigenvalue weighted by atomic mass is 10.0. The van der Waals surface area contributed by atoms with Gasteiger partial charge in [-0.15, -0.1) is 0 Å². The number of anilines is 4. The third kappa shape index (κ3) is 4.85. The molecule has 3 rings (SSSR count). The summed E-state index contributed by atoms with van der Waals surface area (Å²) >= 11 is 0. The van der Waals surface area contributed by atoms with E-state index in [1.54, 1.807) is 19.2 Å². The first-order valence-electron chi connectivity index (χ1n) is 9.27. The third-order valence-electron chi connectivity index (χ3n) is 4.61. The van der Waals surface area contributed by atoms with Crippen molar-refractivity contribution in [2.75, 3.05) is 17.3 Å². The summed E-state index contributed by atoms with van der Waals surface area (Å²) in [5, 5.41) is 2.98. The molecule has 0 spiro atoms. The van der Waals surface area contributed by atoms with Crippen LogP contribution in [0.4, 0.5) is 36.3 Å². The number of alkyl halides is 3. The molecule has 1 N–H and O–H groups in total. The highest BCUT2D eigenvalue weighted by Crippen LogP contribution is 2.38. The lowest BCUT2D eigenvalue weighted by molar-refractivity contribution is -0.137. The smallest absolute Gasteiger partial charge is 0.329 e. The third-order valence-corrected chi connectivity index (χ3v) is 4.61. The maximum Gasteiger partial charge on any atom is 0.421 e. The fourth-order valence-corrected chi connectivity index (χ4v) is 2.95. The molecule has 0 unspecified atom stereocenters. The Hall–Kier alpha value is -3.09. The van der Waals surface area contributed by atoms with Crippen molar-refractivity contribution in [1.82, 2.24) is 9.97 Å². The van der Waals surface area contributed by atoms with Crippen LogP contribution in [0, 0.1) is 6.92 Å². The topological polar surface area (TPSA) is 41.1 Å². The van der Waals surface area contributed by atoms with Gasteiger partial charge in [0.1, 0.15) is 5.56 Å². The molecule has 0 saturated carbocycles. The van der Waals surface area contributed by atoms with E-state index in [4.69, 9.17) is 0 Å². The number of benzene rings is 2. The van der Waals surface area contributed by atoms with Crippen LogP contribution in [0.1, 0.15) is 36.5 Å². The molecule has 0 aliphatic heterocycles. The van der Waals surface area contributed by atoms with Crippen LogP contribution in [0.2, 0.25) is 0 Å². The summed E-state index contributed by atoms with van der Waals surface area (Å²) in [6.07, 6.45) is -3.75. The van der Waals surface area contributed by atoms with Crippen LogP contribution in [0.25, 0.3) is 0 Å². The van der Waals surface area contributed by atoms with Gasteiger partial charge >= 0.3 is 6.18 Å². The van der Waals surface area contributed by atoms with E-state index in [1.807, 2.05) is 43.3 Å². The Labute approximate surface area is 168 Å². The van der Waals surface area contributed by atoms with Gasteiger partial charge in [0.05, 0.1) is 0 Å². The summed E-state index contributed by atoms with van der Waals surface area (Å²) in [5.74, 6) is 0.230. The zero-order valence-corrected chi connectivity index (χ0v) is 16.7. The summed E-state index contributed by atoms with van der Waals surface area (Å²) in [6.45, 7) is 6.06. The normalized spacial score (nSPS) is 11.6. The monoisotopic (exact) mass is 400 g/mol. The minimum atomic E-state index is -4.57. The molecule has 29 heavy (non-hydrogen) atoms. The fourth-order valence-electron chi connectivity index (χ4n) is 2.95. The molecule has 0 aliphatic rings. The molecule has 152 valence electrons. The van der Waals surface area contributed by atoms with Crippen molar-refractivity contribution in [3.05, 3.63) is 71.4 Å². The number of halogens is 3. The van der Waals surface area contributed by atoms with Crippen LogP contribution in [0.3, 0.4) is 0 Å². The number of rotatable bonds is 5. The van der Waals surface area contributed by atoms with Crippen molar-refractivity contribution in [2.24, 2.45) is 0 Å². The first-order valence-corrected chi connectivity index (χ1v) is 9.27. The van der Waals surface area contributed by atoms with Gasteiger partial charge in [-0.05, 0) is 48.2 Å². The van der Waals surface area contributed by atoms with Gasteiger partial charge in [0.25, 0.3) is 0 Å². The minimum Gasteiger partial charge on any atom is -0.329 e. The summed E-state index contributed by atoms with van der Waals surface area (Å²) in [7, 11) is 1.57. The van der Waals surface area contributed by atoms with E-state index in [2.05, 4.69) is 29.1 Å². The van der Waals surface area contributed by atoms with Gasteiger partial charge in [0.2, 0.25) is 5.95 Å². The summed E-state index contributed by atoms with van der Waals surface area (Å²) in [4.78, 5) is 9.48. The lowest BCUT2D eigenvalue weighted by Gasteiger charge is -2.23. The van der Waals surface area contributed by atoms with Crippen molar-refractivity contribution in [2.45, 2.75) is 32.9 Å². The van der Waals surface area contributed by atoms with E-state index in [0.29, 0.717) is 17.3 Å². The van der Waals surface area contributed by atoms with Gasteiger partial charge in [-0.25, -0.2) is 4.98 Å². The number of hydrogen-bond acceptors (Lipinski definition) is 4. The van der Waals surface area contributed by atoms with Crippen molar-refractivity contribution in [3.8, 4) is 0 Å². The van der Waals surface area contributed by atoms with E-state index in [1.165, 1.54) is 4.90 Å². The van der Waals surface area contributed by atoms with Crippen LogP contribution in [0.15, 0.2) is 54.7 Å². The number of hydrogen-bond donors (Lipinski definition) is 1. The largest absolute Gasteiger partial charge is 0.421 e. The SMILES string of the molecule is Cc1cccc(Nc2ncc(C(F)(F)F)c(N(C)c3ccc(C(C)C)cc3)n2)c1. The highest BCUT2D eigenvalue weighted by atomic mass is 19.4. The molecule has 3 aromatic rings. The van der Waals surface area contributed by atoms with Crippen LogP contribution in [0.5, 0.6) is 0 Å². The van der Waals surface area contributed by atoms with Gasteiger partial charge < -0.3 is 10.2 Å². The van der Waals surface area contributed by atoms with Crippen LogP contribution >= 0.6 is 0 Å². The van der Waals surface area contributed by atoms with E-state index >= 15 is 0 Å². The van der Waals surface area contributed by atoms with Crippen molar-refractivity contribution in [1.29, 1.82) is 0 Å². The second-order valence-corrected chi connectivity index (χ2v) is 7.23. The molecule has 4 nitrogen and oxygen atoms in total. The molecule has 7 heteroatoms. The molecule has 1 aromatic heterocycles. The molecule has 0 aliphatic carbocycles. The quantitative estimate of drug-likeness (QED) is 0.535. The maximum atomic E-state index is 13.6. The van der Waals surface area contributed by atoms with Crippen molar-refractivity contribution < 1.29 is 13.2 Å². The maximum absolute atomic E-state index is 13.6.